The van der Waals surface area contributed by atoms with Gasteiger partial charge < -0.3 is 5.11 Å². The molecule has 0 bridgehead atoms. The molecule has 0 radical (unpaired) electrons. The molecule has 1 nitrogen and oxygen atoms in total. The first kappa shape index (κ1) is 12.0. The topological polar surface area (TPSA) is 20.2 Å². The number of aliphatic hydroxyl groups excluding tert-OH is 1. The van der Waals surface area contributed by atoms with Gasteiger partial charge in [-0.1, -0.05) is 47.4 Å². The molecule has 1 aromatic rings. The van der Waals surface area contributed by atoms with Crippen molar-refractivity contribution < 1.29 is 5.11 Å². The number of rotatable bonds is 3. The highest BCUT2D eigenvalue weighted by molar-refractivity contribution is 9.10. The van der Waals surface area contributed by atoms with Crippen LogP contribution in [0.2, 0.25) is 5.02 Å². The maximum atomic E-state index is 9.94. The molecule has 3 heteroatoms. The van der Waals surface area contributed by atoms with Crippen molar-refractivity contribution in [3.05, 3.63) is 33.3 Å². The van der Waals surface area contributed by atoms with E-state index in [0.29, 0.717) is 10.9 Å². The number of hydrogen-bond acceptors (Lipinski definition) is 1. The molecule has 14 heavy (non-hydrogen) atoms. The highest BCUT2D eigenvalue weighted by Gasteiger charge is 2.15. The Balaban J connectivity index is 2.94. The van der Waals surface area contributed by atoms with E-state index in [9.17, 15) is 5.11 Å². The Hall–Kier alpha value is -0.0500. The lowest BCUT2D eigenvalue weighted by molar-refractivity contribution is 0.150. The minimum Gasteiger partial charge on any atom is -0.388 e. The van der Waals surface area contributed by atoms with Gasteiger partial charge in [0.1, 0.15) is 0 Å². The fraction of sp³-hybridized carbons (Fsp3) is 0.455. The van der Waals surface area contributed by atoms with Gasteiger partial charge in [-0.15, -0.1) is 0 Å². The summed E-state index contributed by atoms with van der Waals surface area (Å²) in [7, 11) is 0. The van der Waals surface area contributed by atoms with Crippen molar-refractivity contribution in [1.82, 2.24) is 0 Å². The fourth-order valence-electron chi connectivity index (χ4n) is 1.39. The van der Waals surface area contributed by atoms with Crippen LogP contribution in [0, 0.1) is 5.92 Å². The molecule has 1 aromatic carbocycles. The first-order valence-corrected chi connectivity index (χ1v) is 5.81. The highest BCUT2D eigenvalue weighted by Crippen LogP contribution is 2.33. The van der Waals surface area contributed by atoms with Crippen LogP contribution in [0.5, 0.6) is 0 Å². The lowest BCUT2D eigenvalue weighted by atomic mass is 10.00. The Morgan fingerprint density at radius 3 is 2.57 bits per heavy atom. The van der Waals surface area contributed by atoms with Gasteiger partial charge in [0, 0.05) is 15.1 Å². The Morgan fingerprint density at radius 1 is 1.43 bits per heavy atom. The molecule has 0 aliphatic heterocycles. The molecule has 0 saturated carbocycles. The first-order chi connectivity index (χ1) is 6.52. The van der Waals surface area contributed by atoms with E-state index in [-0.39, 0.29) is 0 Å². The largest absolute Gasteiger partial charge is 0.388 e. The summed E-state index contributed by atoms with van der Waals surface area (Å²) in [6, 6.07) is 5.55. The van der Waals surface area contributed by atoms with Crippen molar-refractivity contribution in [2.24, 2.45) is 5.92 Å². The van der Waals surface area contributed by atoms with Crippen LogP contribution in [-0.4, -0.2) is 5.11 Å². The van der Waals surface area contributed by atoms with E-state index in [4.69, 9.17) is 11.6 Å². The van der Waals surface area contributed by atoms with Crippen LogP contribution in [0.1, 0.15) is 31.9 Å². The average Bonchev–Trinajstić information content (AvgIpc) is 2.01. The molecule has 0 aliphatic carbocycles. The van der Waals surface area contributed by atoms with Gasteiger partial charge in [-0.05, 0) is 24.5 Å². The summed E-state index contributed by atoms with van der Waals surface area (Å²) in [4.78, 5) is 0. The molecule has 0 fully saturated rings. The molecule has 1 unspecified atom stereocenters. The molecule has 0 amide bonds. The van der Waals surface area contributed by atoms with Crippen LogP contribution in [0.3, 0.4) is 0 Å². The molecule has 1 N–H and O–H groups in total. The zero-order valence-corrected chi connectivity index (χ0v) is 10.6. The van der Waals surface area contributed by atoms with Crippen molar-refractivity contribution in [2.75, 3.05) is 0 Å². The van der Waals surface area contributed by atoms with Crippen LogP contribution < -0.4 is 0 Å². The number of aliphatic hydroxyl groups is 1. The van der Waals surface area contributed by atoms with Crippen LogP contribution in [0.4, 0.5) is 0 Å². The zero-order valence-electron chi connectivity index (χ0n) is 8.30. The van der Waals surface area contributed by atoms with Gasteiger partial charge in [0.25, 0.3) is 0 Å². The van der Waals surface area contributed by atoms with Gasteiger partial charge in [-0.25, -0.2) is 0 Å². The second-order valence-corrected chi connectivity index (χ2v) is 5.04. The molecule has 0 saturated heterocycles. The van der Waals surface area contributed by atoms with E-state index in [1.165, 1.54) is 0 Å². The molecule has 0 heterocycles. The van der Waals surface area contributed by atoms with Gasteiger partial charge >= 0.3 is 0 Å². The molecular weight excluding hydrogens is 263 g/mol. The smallest absolute Gasteiger partial charge is 0.0818 e. The number of hydrogen-bond donors (Lipinski definition) is 1. The quantitative estimate of drug-likeness (QED) is 0.878. The Bertz CT molecular complexity index is 292. The molecular formula is C11H14BrClO. The van der Waals surface area contributed by atoms with E-state index in [1.807, 2.05) is 12.1 Å². The predicted molar refractivity (Wildman–Crippen MR) is 63.6 cm³/mol. The summed E-state index contributed by atoms with van der Waals surface area (Å²) >= 11 is 9.41. The maximum Gasteiger partial charge on any atom is 0.0818 e. The first-order valence-electron chi connectivity index (χ1n) is 4.64. The molecule has 0 aliphatic rings. The second-order valence-electron chi connectivity index (χ2n) is 3.78. The monoisotopic (exact) mass is 276 g/mol. The third-order valence-corrected chi connectivity index (χ3v) is 3.05. The Labute approximate surface area is 98.2 Å². The highest BCUT2D eigenvalue weighted by atomic mass is 79.9. The summed E-state index contributed by atoms with van der Waals surface area (Å²) in [6.45, 7) is 4.15. The molecule has 0 spiro atoms. The van der Waals surface area contributed by atoms with E-state index in [0.717, 1.165) is 16.5 Å². The predicted octanol–water partition coefficient (Wildman–Crippen LogP) is 4.18. The van der Waals surface area contributed by atoms with Crippen LogP contribution in [0.25, 0.3) is 0 Å². The average molecular weight is 278 g/mol. The number of halogens is 2. The van der Waals surface area contributed by atoms with Crippen molar-refractivity contribution in [1.29, 1.82) is 0 Å². The van der Waals surface area contributed by atoms with E-state index in [2.05, 4.69) is 29.8 Å². The van der Waals surface area contributed by atoms with Crippen molar-refractivity contribution in [2.45, 2.75) is 26.4 Å². The van der Waals surface area contributed by atoms with E-state index >= 15 is 0 Å². The lowest BCUT2D eigenvalue weighted by Crippen LogP contribution is -2.03. The van der Waals surface area contributed by atoms with Crippen molar-refractivity contribution in [3.63, 3.8) is 0 Å². The van der Waals surface area contributed by atoms with Gasteiger partial charge in [-0.2, -0.15) is 0 Å². The van der Waals surface area contributed by atoms with Gasteiger partial charge in [0.2, 0.25) is 0 Å². The van der Waals surface area contributed by atoms with Crippen molar-refractivity contribution in [3.8, 4) is 0 Å². The second kappa shape index (κ2) is 5.15. The van der Waals surface area contributed by atoms with Crippen LogP contribution >= 0.6 is 27.5 Å². The molecule has 78 valence electrons. The lowest BCUT2D eigenvalue weighted by Gasteiger charge is -2.16. The SMILES string of the molecule is CC(C)CC(O)c1c(Cl)cccc1Br. The van der Waals surface area contributed by atoms with Crippen molar-refractivity contribution >= 4 is 27.5 Å². The van der Waals surface area contributed by atoms with Gasteiger partial charge in [0.05, 0.1) is 6.10 Å². The van der Waals surface area contributed by atoms with E-state index < -0.39 is 6.10 Å². The van der Waals surface area contributed by atoms with Gasteiger partial charge in [-0.3, -0.25) is 0 Å². The third-order valence-electron chi connectivity index (χ3n) is 2.03. The van der Waals surface area contributed by atoms with Crippen LogP contribution in [-0.2, 0) is 0 Å². The molecule has 1 atom stereocenters. The van der Waals surface area contributed by atoms with E-state index in [1.54, 1.807) is 6.07 Å². The summed E-state index contributed by atoms with van der Waals surface area (Å²) in [5.41, 5.74) is 0.794. The Kier molecular flexibility index (Phi) is 4.42. The fourth-order valence-corrected chi connectivity index (χ4v) is 2.44. The van der Waals surface area contributed by atoms with Crippen LogP contribution in [0.15, 0.2) is 22.7 Å². The molecule has 0 aromatic heterocycles. The third kappa shape index (κ3) is 2.97. The summed E-state index contributed by atoms with van der Waals surface area (Å²) in [5, 5.41) is 10.6. The molecule has 1 rings (SSSR count). The summed E-state index contributed by atoms with van der Waals surface area (Å²) in [5.74, 6) is 0.452. The normalized spacial score (nSPS) is 13.3. The van der Waals surface area contributed by atoms with Gasteiger partial charge in [0.15, 0.2) is 0 Å². The maximum absolute atomic E-state index is 9.94. The zero-order chi connectivity index (χ0) is 10.7. The standard InChI is InChI=1S/C11H14BrClO/c1-7(2)6-10(14)11-8(12)4-3-5-9(11)13/h3-5,7,10,14H,6H2,1-2H3. The summed E-state index contributed by atoms with van der Waals surface area (Å²) < 4.78 is 0.873. The minimum absolute atomic E-state index is 0.452. The number of benzene rings is 1. The Morgan fingerprint density at radius 2 is 2.07 bits per heavy atom. The summed E-state index contributed by atoms with van der Waals surface area (Å²) in [6.07, 6.45) is 0.237. The minimum atomic E-state index is -0.488.